The molecule has 1 aliphatic heterocycles. The summed E-state index contributed by atoms with van der Waals surface area (Å²) in [5, 5.41) is 0.549. The van der Waals surface area contributed by atoms with E-state index in [9.17, 15) is 13.2 Å². The Kier molecular flexibility index (Phi) is 7.64. The average Bonchev–Trinajstić information content (AvgIpc) is 3.62. The number of rotatable bonds is 9. The number of hydrogen-bond acceptors (Lipinski definition) is 7. The van der Waals surface area contributed by atoms with Crippen LogP contribution in [0, 0.1) is 0 Å². The smallest absolute Gasteiger partial charge is 0.264 e. The number of amides is 1. The van der Waals surface area contributed by atoms with E-state index in [1.165, 1.54) is 34.8 Å². The number of hydrogen-bond donors (Lipinski definition) is 0. The summed E-state index contributed by atoms with van der Waals surface area (Å²) in [6.07, 6.45) is 1.72. The van der Waals surface area contributed by atoms with E-state index < -0.39 is 10.0 Å². The van der Waals surface area contributed by atoms with Crippen molar-refractivity contribution in [3.8, 4) is 5.75 Å². The van der Waals surface area contributed by atoms with Gasteiger partial charge in [-0.25, -0.2) is 13.4 Å². The fourth-order valence-corrected chi connectivity index (χ4v) is 6.59. The number of aromatic nitrogens is 1. The van der Waals surface area contributed by atoms with Crippen LogP contribution >= 0.6 is 11.3 Å². The molecule has 0 N–H and O–H groups in total. The van der Waals surface area contributed by atoms with Gasteiger partial charge in [-0.1, -0.05) is 35.6 Å². The SMILES string of the molecule is CCOc1cccc2sc(N(CC3CCCO3)C(=O)c3ccc(S(=O)(=O)N(C)c4ccccc4)cc3)nc12. The highest BCUT2D eigenvalue weighted by Crippen LogP contribution is 2.35. The quantitative estimate of drug-likeness (QED) is 0.279. The summed E-state index contributed by atoms with van der Waals surface area (Å²) < 4.78 is 40.1. The predicted octanol–water partition coefficient (Wildman–Crippen LogP) is 5.35. The van der Waals surface area contributed by atoms with Crippen molar-refractivity contribution in [2.45, 2.75) is 30.8 Å². The zero-order chi connectivity index (χ0) is 26.7. The van der Waals surface area contributed by atoms with Gasteiger partial charge in [0.1, 0.15) is 11.3 Å². The minimum atomic E-state index is -3.79. The van der Waals surface area contributed by atoms with Crippen molar-refractivity contribution in [1.82, 2.24) is 4.98 Å². The molecular weight excluding hydrogens is 522 g/mol. The summed E-state index contributed by atoms with van der Waals surface area (Å²) in [4.78, 5) is 20.3. The van der Waals surface area contributed by atoms with Crippen molar-refractivity contribution < 1.29 is 22.7 Å². The minimum absolute atomic E-state index is 0.0866. The number of sulfonamides is 1. The maximum Gasteiger partial charge on any atom is 0.264 e. The van der Waals surface area contributed by atoms with Gasteiger partial charge in [0.15, 0.2) is 5.13 Å². The zero-order valence-corrected chi connectivity index (χ0v) is 22.9. The van der Waals surface area contributed by atoms with Crippen molar-refractivity contribution in [1.29, 1.82) is 0 Å². The molecule has 1 atom stereocenters. The van der Waals surface area contributed by atoms with Gasteiger partial charge in [-0.2, -0.15) is 0 Å². The summed E-state index contributed by atoms with van der Waals surface area (Å²) in [7, 11) is -2.28. The summed E-state index contributed by atoms with van der Waals surface area (Å²) in [6.45, 7) is 3.46. The lowest BCUT2D eigenvalue weighted by atomic mass is 10.2. The molecule has 10 heteroatoms. The summed E-state index contributed by atoms with van der Waals surface area (Å²) in [5.74, 6) is 0.409. The van der Waals surface area contributed by atoms with Crippen molar-refractivity contribution >= 4 is 48.3 Å². The van der Waals surface area contributed by atoms with E-state index in [0.29, 0.717) is 47.4 Å². The third-order valence-corrected chi connectivity index (χ3v) is 9.28. The zero-order valence-electron chi connectivity index (χ0n) is 21.2. The Hall–Kier alpha value is -3.47. The second-order valence-corrected chi connectivity index (χ2v) is 11.9. The molecule has 38 heavy (non-hydrogen) atoms. The largest absolute Gasteiger partial charge is 0.492 e. The van der Waals surface area contributed by atoms with Crippen LogP contribution in [-0.4, -0.2) is 52.2 Å². The molecule has 1 aromatic heterocycles. The van der Waals surface area contributed by atoms with E-state index in [0.717, 1.165) is 17.5 Å². The van der Waals surface area contributed by atoms with Crippen molar-refractivity contribution in [2.75, 3.05) is 36.0 Å². The van der Waals surface area contributed by atoms with Gasteiger partial charge in [-0.3, -0.25) is 14.0 Å². The highest BCUT2D eigenvalue weighted by Gasteiger charge is 2.28. The lowest BCUT2D eigenvalue weighted by Crippen LogP contribution is -2.37. The number of fused-ring (bicyclic) bond motifs is 1. The Morgan fingerprint density at radius 1 is 1.08 bits per heavy atom. The molecule has 2 heterocycles. The third-order valence-electron chi connectivity index (χ3n) is 6.44. The van der Waals surface area contributed by atoms with Crippen molar-refractivity contribution in [3.63, 3.8) is 0 Å². The first-order chi connectivity index (χ1) is 18.4. The van der Waals surface area contributed by atoms with Crippen molar-refractivity contribution in [3.05, 3.63) is 78.4 Å². The van der Waals surface area contributed by atoms with E-state index in [1.54, 1.807) is 41.3 Å². The Morgan fingerprint density at radius 2 is 1.84 bits per heavy atom. The van der Waals surface area contributed by atoms with Crippen LogP contribution in [0.15, 0.2) is 77.7 Å². The van der Waals surface area contributed by atoms with Crippen LogP contribution in [0.3, 0.4) is 0 Å². The number of carbonyl (C=O) groups is 1. The monoisotopic (exact) mass is 551 g/mol. The van der Waals surface area contributed by atoms with Gasteiger partial charge in [0.05, 0.1) is 34.5 Å². The number of para-hydroxylation sites is 2. The molecule has 8 nitrogen and oxygen atoms in total. The van der Waals surface area contributed by atoms with Crippen LogP contribution in [0.25, 0.3) is 10.2 Å². The molecule has 0 bridgehead atoms. The molecule has 3 aromatic carbocycles. The molecule has 1 aliphatic rings. The van der Waals surface area contributed by atoms with Gasteiger partial charge in [0, 0.05) is 19.2 Å². The van der Waals surface area contributed by atoms with Crippen LogP contribution in [0.1, 0.15) is 30.1 Å². The molecule has 4 aromatic rings. The van der Waals surface area contributed by atoms with Gasteiger partial charge in [-0.15, -0.1) is 0 Å². The first kappa shape index (κ1) is 26.1. The number of thiazole rings is 1. The van der Waals surface area contributed by atoms with E-state index >= 15 is 0 Å². The molecular formula is C28H29N3O5S2. The van der Waals surface area contributed by atoms with Gasteiger partial charge in [-0.05, 0) is 68.3 Å². The topological polar surface area (TPSA) is 89.0 Å². The molecule has 0 aliphatic carbocycles. The number of anilines is 2. The van der Waals surface area contributed by atoms with Gasteiger partial charge in [0.2, 0.25) is 0 Å². The Labute approximate surface area is 226 Å². The first-order valence-electron chi connectivity index (χ1n) is 12.5. The number of carbonyl (C=O) groups excluding carboxylic acids is 1. The average molecular weight is 552 g/mol. The number of nitrogens with zero attached hydrogens (tertiary/aromatic N) is 3. The summed E-state index contributed by atoms with van der Waals surface area (Å²) in [6, 6.07) is 20.6. The summed E-state index contributed by atoms with van der Waals surface area (Å²) >= 11 is 1.42. The van der Waals surface area contributed by atoms with Crippen LogP contribution < -0.4 is 13.9 Å². The Bertz CT molecular complexity index is 1520. The van der Waals surface area contributed by atoms with E-state index in [2.05, 4.69) is 0 Å². The highest BCUT2D eigenvalue weighted by molar-refractivity contribution is 7.92. The molecule has 1 amide bonds. The molecule has 1 saturated heterocycles. The molecule has 0 radical (unpaired) electrons. The molecule has 198 valence electrons. The van der Waals surface area contributed by atoms with Crippen LogP contribution in [0.5, 0.6) is 5.75 Å². The highest BCUT2D eigenvalue weighted by atomic mass is 32.2. The standard InChI is InChI=1S/C28H29N3O5S2/c1-3-35-24-12-7-13-25-26(24)29-28(37-25)31(19-22-11-8-18-36-22)27(32)20-14-16-23(17-15-20)38(33,34)30(2)21-9-5-4-6-10-21/h4-7,9-10,12-17,22H,3,8,11,18-19H2,1-2H3. The van der Waals surface area contributed by atoms with Crippen LogP contribution in [-0.2, 0) is 14.8 Å². The minimum Gasteiger partial charge on any atom is -0.492 e. The molecule has 1 unspecified atom stereocenters. The second-order valence-electron chi connectivity index (χ2n) is 8.92. The molecule has 0 saturated carbocycles. The maximum atomic E-state index is 13.8. The lowest BCUT2D eigenvalue weighted by Gasteiger charge is -2.23. The van der Waals surface area contributed by atoms with Gasteiger partial charge in [0.25, 0.3) is 15.9 Å². The second kappa shape index (κ2) is 11.1. The molecule has 1 fully saturated rings. The Balaban J connectivity index is 1.45. The molecule has 5 rings (SSSR count). The fraction of sp³-hybridized carbons (Fsp3) is 0.286. The first-order valence-corrected chi connectivity index (χ1v) is 14.7. The van der Waals surface area contributed by atoms with E-state index in [4.69, 9.17) is 14.5 Å². The number of ether oxygens (including phenoxy) is 2. The summed E-state index contributed by atoms with van der Waals surface area (Å²) in [5.41, 5.74) is 1.64. The Morgan fingerprint density at radius 3 is 2.53 bits per heavy atom. The van der Waals surface area contributed by atoms with Crippen molar-refractivity contribution in [2.24, 2.45) is 0 Å². The van der Waals surface area contributed by atoms with E-state index in [-0.39, 0.29) is 16.9 Å². The third kappa shape index (κ3) is 5.24. The number of benzene rings is 3. The molecule has 0 spiro atoms. The maximum absolute atomic E-state index is 13.8. The normalized spacial score (nSPS) is 15.5. The lowest BCUT2D eigenvalue weighted by molar-refractivity contribution is 0.0917. The fourth-order valence-electron chi connectivity index (χ4n) is 4.40. The van der Waals surface area contributed by atoms with Gasteiger partial charge >= 0.3 is 0 Å². The van der Waals surface area contributed by atoms with Gasteiger partial charge < -0.3 is 9.47 Å². The predicted molar refractivity (Wildman–Crippen MR) is 150 cm³/mol. The van der Waals surface area contributed by atoms with Crippen LogP contribution in [0.2, 0.25) is 0 Å². The van der Waals surface area contributed by atoms with Crippen LogP contribution in [0.4, 0.5) is 10.8 Å². The van der Waals surface area contributed by atoms with E-state index in [1.807, 2.05) is 31.2 Å².